The Morgan fingerprint density at radius 2 is 2.19 bits per heavy atom. The highest BCUT2D eigenvalue weighted by Crippen LogP contribution is 2.25. The first-order valence-corrected chi connectivity index (χ1v) is 8.32. The van der Waals surface area contributed by atoms with Gasteiger partial charge in [0, 0.05) is 10.0 Å². The van der Waals surface area contributed by atoms with Gasteiger partial charge in [-0.1, -0.05) is 29.3 Å². The molecule has 3 nitrogen and oxygen atoms in total. The van der Waals surface area contributed by atoms with Crippen molar-refractivity contribution in [3.8, 4) is 0 Å². The third kappa shape index (κ3) is 4.60. The number of nitrogens with one attached hydrogen (secondary N) is 2. The summed E-state index contributed by atoms with van der Waals surface area (Å²) in [6.45, 7) is 5.80. The van der Waals surface area contributed by atoms with Crippen LogP contribution in [0.25, 0.3) is 0 Å². The zero-order chi connectivity index (χ0) is 15.4. The van der Waals surface area contributed by atoms with Crippen molar-refractivity contribution < 1.29 is 9.69 Å². The Kier molecular flexibility index (Phi) is 5.91. The van der Waals surface area contributed by atoms with Crippen molar-refractivity contribution in [1.82, 2.24) is 5.32 Å². The molecule has 0 saturated carbocycles. The summed E-state index contributed by atoms with van der Waals surface area (Å²) in [4.78, 5) is 13.6. The minimum atomic E-state index is -0.109. The summed E-state index contributed by atoms with van der Waals surface area (Å²) < 4.78 is 0. The smallest absolute Gasteiger partial charge is 0.275 e. The molecule has 0 radical (unpaired) electrons. The number of quaternary nitrogens is 1. The molecule has 1 unspecified atom stereocenters. The van der Waals surface area contributed by atoms with Gasteiger partial charge in [-0.05, 0) is 50.8 Å². The van der Waals surface area contributed by atoms with Crippen LogP contribution in [0.3, 0.4) is 0 Å². The summed E-state index contributed by atoms with van der Waals surface area (Å²) >= 11 is 12.1. The molecule has 1 aromatic rings. The van der Waals surface area contributed by atoms with E-state index in [-0.39, 0.29) is 11.9 Å². The Balaban J connectivity index is 1.92. The molecule has 116 valence electrons. The van der Waals surface area contributed by atoms with Gasteiger partial charge in [0.05, 0.1) is 18.6 Å². The van der Waals surface area contributed by atoms with Crippen molar-refractivity contribution in [2.24, 2.45) is 0 Å². The molecule has 0 spiro atoms. The highest BCUT2D eigenvalue weighted by molar-refractivity contribution is 6.35. The number of amides is 1. The molecule has 1 aliphatic rings. The van der Waals surface area contributed by atoms with Gasteiger partial charge in [-0.3, -0.25) is 4.79 Å². The average molecular weight is 330 g/mol. The highest BCUT2D eigenvalue weighted by atomic mass is 35.5. The molecule has 0 aliphatic carbocycles. The molecule has 2 N–H and O–H groups in total. The zero-order valence-electron chi connectivity index (χ0n) is 12.6. The van der Waals surface area contributed by atoms with Crippen LogP contribution in [0.5, 0.6) is 0 Å². The molecule has 2 rings (SSSR count). The van der Waals surface area contributed by atoms with Gasteiger partial charge >= 0.3 is 0 Å². The van der Waals surface area contributed by atoms with Crippen LogP contribution in [0.15, 0.2) is 18.2 Å². The van der Waals surface area contributed by atoms with E-state index in [1.54, 1.807) is 12.1 Å². The maximum absolute atomic E-state index is 12.2. The fourth-order valence-corrected chi connectivity index (χ4v) is 3.52. The number of piperidine rings is 1. The van der Waals surface area contributed by atoms with E-state index in [2.05, 4.69) is 12.2 Å². The second-order valence-electron chi connectivity index (χ2n) is 5.94. The van der Waals surface area contributed by atoms with Crippen molar-refractivity contribution >= 4 is 29.1 Å². The quantitative estimate of drug-likeness (QED) is 0.874. The van der Waals surface area contributed by atoms with Crippen LogP contribution < -0.4 is 10.2 Å². The van der Waals surface area contributed by atoms with E-state index < -0.39 is 0 Å². The lowest BCUT2D eigenvalue weighted by Gasteiger charge is -2.30. The molecule has 1 fully saturated rings. The highest BCUT2D eigenvalue weighted by Gasteiger charge is 2.25. The Hall–Kier alpha value is -0.770. The van der Waals surface area contributed by atoms with Crippen LogP contribution in [0, 0.1) is 0 Å². The molecular formula is C16H23Cl2N2O+. The first-order chi connectivity index (χ1) is 9.97. The summed E-state index contributed by atoms with van der Waals surface area (Å²) in [7, 11) is 0. The summed E-state index contributed by atoms with van der Waals surface area (Å²) in [5.41, 5.74) is 0.899. The van der Waals surface area contributed by atoms with Gasteiger partial charge in [0.15, 0.2) is 6.54 Å². The van der Waals surface area contributed by atoms with Crippen molar-refractivity contribution in [3.63, 3.8) is 0 Å². The minimum absolute atomic E-state index is 0.0808. The number of benzene rings is 1. The van der Waals surface area contributed by atoms with Gasteiger partial charge in [-0.15, -0.1) is 0 Å². The maximum Gasteiger partial charge on any atom is 0.275 e. The van der Waals surface area contributed by atoms with E-state index in [0.29, 0.717) is 22.6 Å². The molecule has 0 aromatic heterocycles. The maximum atomic E-state index is 12.2. The van der Waals surface area contributed by atoms with E-state index in [1.807, 2.05) is 13.0 Å². The molecule has 1 aliphatic heterocycles. The fourth-order valence-electron chi connectivity index (χ4n) is 2.94. The number of carbonyl (C=O) groups is 1. The average Bonchev–Trinajstić information content (AvgIpc) is 2.41. The van der Waals surface area contributed by atoms with Gasteiger partial charge in [-0.25, -0.2) is 0 Å². The van der Waals surface area contributed by atoms with Gasteiger partial charge in [0.1, 0.15) is 0 Å². The Bertz CT molecular complexity index is 507. The molecule has 0 bridgehead atoms. The van der Waals surface area contributed by atoms with Crippen LogP contribution in [0.4, 0.5) is 0 Å². The predicted octanol–water partition coefficient (Wildman–Crippen LogP) is 2.63. The van der Waals surface area contributed by atoms with E-state index in [4.69, 9.17) is 23.2 Å². The molecular weight excluding hydrogens is 307 g/mol. The third-order valence-corrected chi connectivity index (χ3v) is 4.84. The molecule has 1 saturated heterocycles. The Labute approximate surface area is 136 Å². The zero-order valence-corrected chi connectivity index (χ0v) is 14.1. The minimum Gasteiger partial charge on any atom is -0.345 e. The molecule has 1 heterocycles. The van der Waals surface area contributed by atoms with Crippen molar-refractivity contribution in [2.45, 2.75) is 45.2 Å². The summed E-state index contributed by atoms with van der Waals surface area (Å²) in [5, 5.41) is 4.23. The largest absolute Gasteiger partial charge is 0.345 e. The van der Waals surface area contributed by atoms with Crippen molar-refractivity contribution in [3.05, 3.63) is 33.8 Å². The van der Waals surface area contributed by atoms with Crippen LogP contribution in [-0.2, 0) is 4.79 Å². The van der Waals surface area contributed by atoms with E-state index in [0.717, 1.165) is 12.1 Å². The standard InChI is InChI=1S/C16H22Cl2N2O/c1-11-5-3-4-8-20(11)10-16(21)19-12(2)14-7-6-13(17)9-15(14)18/h6-7,9,11-12H,3-5,8,10H2,1-2H3,(H,19,21)/p+1/t11-,12-/m0/s1. The predicted molar refractivity (Wildman–Crippen MR) is 87.0 cm³/mol. The molecule has 1 amide bonds. The lowest BCUT2D eigenvalue weighted by Crippen LogP contribution is -3.17. The normalized spacial score (nSPS) is 23.6. The van der Waals surface area contributed by atoms with E-state index in [1.165, 1.54) is 24.2 Å². The first-order valence-electron chi connectivity index (χ1n) is 7.56. The van der Waals surface area contributed by atoms with Crippen molar-refractivity contribution in [2.75, 3.05) is 13.1 Å². The molecule has 1 aromatic carbocycles. The lowest BCUT2D eigenvalue weighted by molar-refractivity contribution is -0.921. The second-order valence-corrected chi connectivity index (χ2v) is 6.78. The number of halogens is 2. The van der Waals surface area contributed by atoms with Gasteiger partial charge in [-0.2, -0.15) is 0 Å². The van der Waals surface area contributed by atoms with Crippen LogP contribution in [0.1, 0.15) is 44.7 Å². The van der Waals surface area contributed by atoms with Crippen LogP contribution >= 0.6 is 23.2 Å². The monoisotopic (exact) mass is 329 g/mol. The lowest BCUT2D eigenvalue weighted by atomic mass is 10.0. The topological polar surface area (TPSA) is 33.5 Å². The molecule has 21 heavy (non-hydrogen) atoms. The molecule has 5 heteroatoms. The summed E-state index contributed by atoms with van der Waals surface area (Å²) in [6, 6.07) is 5.83. The first kappa shape index (κ1) is 16.6. The Morgan fingerprint density at radius 3 is 2.86 bits per heavy atom. The third-order valence-electron chi connectivity index (χ3n) is 4.28. The van der Waals surface area contributed by atoms with Gasteiger partial charge < -0.3 is 10.2 Å². The fraction of sp³-hybridized carbons (Fsp3) is 0.562. The number of rotatable bonds is 4. The summed E-state index contributed by atoms with van der Waals surface area (Å²) in [6.07, 6.45) is 3.70. The summed E-state index contributed by atoms with van der Waals surface area (Å²) in [5.74, 6) is 0.0808. The second kappa shape index (κ2) is 7.48. The Morgan fingerprint density at radius 1 is 1.43 bits per heavy atom. The number of carbonyl (C=O) groups excluding carboxylic acids is 1. The number of hydrogen-bond donors (Lipinski definition) is 2. The van der Waals surface area contributed by atoms with Gasteiger partial charge in [0.25, 0.3) is 5.91 Å². The van der Waals surface area contributed by atoms with Crippen LogP contribution in [-0.4, -0.2) is 25.0 Å². The molecule has 3 atom stereocenters. The van der Waals surface area contributed by atoms with E-state index >= 15 is 0 Å². The van der Waals surface area contributed by atoms with Crippen molar-refractivity contribution in [1.29, 1.82) is 0 Å². The SMILES string of the molecule is C[C@H](NC(=O)C[NH+]1CCCC[C@@H]1C)c1ccc(Cl)cc1Cl. The van der Waals surface area contributed by atoms with Crippen LogP contribution in [0.2, 0.25) is 10.0 Å². The number of likely N-dealkylation sites (tertiary alicyclic amines) is 1. The van der Waals surface area contributed by atoms with Gasteiger partial charge in [0.2, 0.25) is 0 Å². The van der Waals surface area contributed by atoms with E-state index in [9.17, 15) is 4.79 Å². The number of hydrogen-bond acceptors (Lipinski definition) is 1.